The van der Waals surface area contributed by atoms with E-state index in [9.17, 15) is 9.59 Å². The zero-order valence-electron chi connectivity index (χ0n) is 21.2. The molecule has 9 nitrogen and oxygen atoms in total. The van der Waals surface area contributed by atoms with Crippen LogP contribution in [-0.2, 0) is 18.4 Å². The summed E-state index contributed by atoms with van der Waals surface area (Å²) >= 11 is 1.46. The van der Waals surface area contributed by atoms with Crippen LogP contribution < -0.4 is 25.0 Å². The monoisotopic (exact) mass is 523 g/mol. The fourth-order valence-corrected chi connectivity index (χ4v) is 6.00. The zero-order chi connectivity index (χ0) is 25.8. The number of thiophene rings is 1. The molecule has 5 rings (SSSR count). The molecule has 1 aliphatic carbocycles. The number of methoxy groups -OCH3 is 1. The first-order valence-corrected chi connectivity index (χ1v) is 13.5. The molecule has 0 saturated heterocycles. The average Bonchev–Trinajstić information content (AvgIpc) is 3.66. The van der Waals surface area contributed by atoms with E-state index in [1.165, 1.54) is 24.2 Å². The van der Waals surface area contributed by atoms with E-state index in [0.29, 0.717) is 36.1 Å². The van der Waals surface area contributed by atoms with Gasteiger partial charge in [0.1, 0.15) is 24.1 Å². The number of benzene rings is 1. The minimum Gasteiger partial charge on any atom is -0.497 e. The molecule has 37 heavy (non-hydrogen) atoms. The maximum atomic E-state index is 13.2. The van der Waals surface area contributed by atoms with Gasteiger partial charge in [0.15, 0.2) is 0 Å². The largest absolute Gasteiger partial charge is 0.497 e. The van der Waals surface area contributed by atoms with Crippen LogP contribution in [0.15, 0.2) is 42.7 Å². The Morgan fingerprint density at radius 3 is 2.84 bits per heavy atom. The van der Waals surface area contributed by atoms with Gasteiger partial charge in [-0.1, -0.05) is 25.7 Å². The van der Waals surface area contributed by atoms with Gasteiger partial charge in [0.05, 0.1) is 42.6 Å². The first-order valence-electron chi connectivity index (χ1n) is 12.7. The highest BCUT2D eigenvalue weighted by Gasteiger charge is 2.28. The summed E-state index contributed by atoms with van der Waals surface area (Å²) in [7, 11) is 3.44. The third-order valence-electron chi connectivity index (χ3n) is 7.00. The normalized spacial score (nSPS) is 16.1. The summed E-state index contributed by atoms with van der Waals surface area (Å²) in [6.07, 6.45) is 8.56. The highest BCUT2D eigenvalue weighted by molar-refractivity contribution is 7.14. The maximum Gasteiger partial charge on any atom is 0.262 e. The van der Waals surface area contributed by atoms with Crippen molar-refractivity contribution in [1.29, 1.82) is 0 Å². The summed E-state index contributed by atoms with van der Waals surface area (Å²) in [5, 5.41) is 10.0. The van der Waals surface area contributed by atoms with Gasteiger partial charge in [-0.05, 0) is 36.6 Å². The van der Waals surface area contributed by atoms with Gasteiger partial charge in [-0.3, -0.25) is 14.3 Å². The van der Waals surface area contributed by atoms with Crippen molar-refractivity contribution in [3.63, 3.8) is 0 Å². The summed E-state index contributed by atoms with van der Waals surface area (Å²) in [5.41, 5.74) is 1.63. The molecule has 2 amide bonds. The number of nitrogens with one attached hydrogen (secondary N) is 2. The minimum atomic E-state index is -0.595. The molecular formula is C27H33N5O4S. The van der Waals surface area contributed by atoms with Crippen molar-refractivity contribution in [3.05, 3.63) is 52.5 Å². The van der Waals surface area contributed by atoms with Crippen LogP contribution in [0, 0.1) is 5.92 Å². The fraction of sp³-hybridized carbons (Fsp3) is 0.444. The quantitative estimate of drug-likeness (QED) is 0.436. The Hall–Kier alpha value is -3.53. The summed E-state index contributed by atoms with van der Waals surface area (Å²) in [4.78, 5) is 30.3. The first-order chi connectivity index (χ1) is 18.0. The lowest BCUT2D eigenvalue weighted by Gasteiger charge is -2.31. The lowest BCUT2D eigenvalue weighted by atomic mass is 9.97. The zero-order valence-corrected chi connectivity index (χ0v) is 22.1. The van der Waals surface area contributed by atoms with Gasteiger partial charge in [-0.2, -0.15) is 5.10 Å². The standard InChI is InChI=1S/C27H33N5O4S/c1-31-16-19(15-28-31)29-26(33)22(13-18-5-3-4-6-18)30-27(34)25-10-8-21(37-25)17-32-11-12-36-24-14-20(35-2)7-9-23(24)32/h7-10,14-16,18,22H,3-6,11-13,17H2,1-2H3,(H,29,33)(H,30,34)/t22-/m0/s1. The highest BCUT2D eigenvalue weighted by atomic mass is 32.1. The number of fused-ring (bicyclic) bond motifs is 1. The third-order valence-corrected chi connectivity index (χ3v) is 8.07. The SMILES string of the molecule is COc1ccc2c(c1)OCCN2Cc1ccc(C(=O)N[C@@H](CC2CCCC2)C(=O)Nc2cnn(C)c2)s1. The van der Waals surface area contributed by atoms with Gasteiger partial charge in [-0.15, -0.1) is 11.3 Å². The number of aryl methyl sites for hydroxylation is 1. The summed E-state index contributed by atoms with van der Waals surface area (Å²) in [5.74, 6) is 1.59. The molecule has 10 heteroatoms. The maximum absolute atomic E-state index is 13.2. The Kier molecular flexibility index (Phi) is 7.64. The number of hydrogen-bond donors (Lipinski definition) is 2. The highest BCUT2D eigenvalue weighted by Crippen LogP contribution is 2.36. The van der Waals surface area contributed by atoms with Gasteiger partial charge in [-0.25, -0.2) is 0 Å². The second-order valence-electron chi connectivity index (χ2n) is 9.67. The molecule has 3 aromatic rings. The fourth-order valence-electron chi connectivity index (χ4n) is 5.08. The smallest absolute Gasteiger partial charge is 0.262 e. The Labute approximate surface area is 220 Å². The van der Waals surface area contributed by atoms with Crippen LogP contribution >= 0.6 is 11.3 Å². The first kappa shape index (κ1) is 25.1. The molecule has 0 unspecified atom stereocenters. The Balaban J connectivity index is 1.25. The molecule has 1 atom stereocenters. The molecule has 2 aliphatic rings. The van der Waals surface area contributed by atoms with Crippen molar-refractivity contribution >= 4 is 34.5 Å². The van der Waals surface area contributed by atoms with E-state index in [1.807, 2.05) is 30.3 Å². The second kappa shape index (κ2) is 11.2. The average molecular weight is 524 g/mol. The molecule has 1 aromatic carbocycles. The molecular weight excluding hydrogens is 490 g/mol. The van der Waals surface area contributed by atoms with Gasteiger partial charge in [0.25, 0.3) is 5.91 Å². The van der Waals surface area contributed by atoms with Gasteiger partial charge in [0, 0.05) is 24.2 Å². The summed E-state index contributed by atoms with van der Waals surface area (Å²) in [6, 6.07) is 9.06. The number of carbonyl (C=O) groups is 2. The van der Waals surface area contributed by atoms with Crippen LogP contribution in [0.4, 0.5) is 11.4 Å². The molecule has 196 valence electrons. The van der Waals surface area contributed by atoms with Crippen LogP contribution in [0.3, 0.4) is 0 Å². The number of carbonyl (C=O) groups excluding carboxylic acids is 2. The van der Waals surface area contributed by atoms with E-state index < -0.39 is 6.04 Å². The number of ether oxygens (including phenoxy) is 2. The molecule has 0 radical (unpaired) electrons. The predicted octanol–water partition coefficient (Wildman–Crippen LogP) is 4.21. The van der Waals surface area contributed by atoms with Crippen LogP contribution in [0.1, 0.15) is 46.7 Å². The predicted molar refractivity (Wildman–Crippen MR) is 144 cm³/mol. The number of aromatic nitrogens is 2. The number of rotatable bonds is 9. The minimum absolute atomic E-state index is 0.203. The van der Waals surface area contributed by atoms with Gasteiger partial charge >= 0.3 is 0 Å². The number of amides is 2. The number of anilines is 2. The van der Waals surface area contributed by atoms with E-state index in [2.05, 4.69) is 20.6 Å². The topological polar surface area (TPSA) is 97.7 Å². The van der Waals surface area contributed by atoms with E-state index in [1.54, 1.807) is 31.2 Å². The Bertz CT molecular complexity index is 1250. The van der Waals surface area contributed by atoms with Crippen LogP contribution in [0.5, 0.6) is 11.5 Å². The van der Waals surface area contributed by atoms with Crippen molar-refractivity contribution in [1.82, 2.24) is 15.1 Å². The summed E-state index contributed by atoms with van der Waals surface area (Å²) < 4.78 is 12.8. The lowest BCUT2D eigenvalue weighted by Crippen LogP contribution is -2.44. The molecule has 2 N–H and O–H groups in total. The molecule has 1 aliphatic heterocycles. The van der Waals surface area contributed by atoms with E-state index in [4.69, 9.17) is 9.47 Å². The van der Waals surface area contributed by atoms with Crippen molar-refractivity contribution in [2.45, 2.75) is 44.7 Å². The second-order valence-corrected chi connectivity index (χ2v) is 10.8. The number of hydrogen-bond acceptors (Lipinski definition) is 7. The molecule has 1 fully saturated rings. The van der Waals surface area contributed by atoms with Crippen molar-refractivity contribution in [2.24, 2.45) is 13.0 Å². The lowest BCUT2D eigenvalue weighted by molar-refractivity contribution is -0.118. The third kappa shape index (κ3) is 6.07. The summed E-state index contributed by atoms with van der Waals surface area (Å²) in [6.45, 7) is 2.03. The van der Waals surface area contributed by atoms with E-state index >= 15 is 0 Å². The van der Waals surface area contributed by atoms with Gasteiger partial charge < -0.3 is 25.0 Å². The van der Waals surface area contributed by atoms with E-state index in [0.717, 1.165) is 41.4 Å². The van der Waals surface area contributed by atoms with Crippen LogP contribution in [0.2, 0.25) is 0 Å². The van der Waals surface area contributed by atoms with Crippen LogP contribution in [-0.4, -0.2) is 47.9 Å². The molecule has 0 spiro atoms. The Morgan fingerprint density at radius 2 is 2.08 bits per heavy atom. The van der Waals surface area contributed by atoms with E-state index in [-0.39, 0.29) is 11.8 Å². The van der Waals surface area contributed by atoms with Crippen molar-refractivity contribution in [3.8, 4) is 11.5 Å². The van der Waals surface area contributed by atoms with Crippen molar-refractivity contribution in [2.75, 3.05) is 30.5 Å². The molecule has 1 saturated carbocycles. The Morgan fingerprint density at radius 1 is 1.24 bits per heavy atom. The van der Waals surface area contributed by atoms with Crippen LogP contribution in [0.25, 0.3) is 0 Å². The molecule has 3 heterocycles. The van der Waals surface area contributed by atoms with Gasteiger partial charge in [0.2, 0.25) is 5.91 Å². The van der Waals surface area contributed by atoms with Crippen molar-refractivity contribution < 1.29 is 19.1 Å². The molecule has 0 bridgehead atoms. The number of nitrogens with zero attached hydrogens (tertiary/aromatic N) is 3. The molecule has 2 aromatic heterocycles.